The quantitative estimate of drug-likeness (QED) is 0.595. The molecule has 0 heterocycles. The molecular formula is C9H18O. The molecule has 1 saturated carbocycles. The van der Waals surface area contributed by atoms with E-state index < -0.39 is 0 Å². The van der Waals surface area contributed by atoms with Crippen LogP contribution in [0.2, 0.25) is 0 Å². The summed E-state index contributed by atoms with van der Waals surface area (Å²) < 4.78 is 0. The van der Waals surface area contributed by atoms with Crippen molar-refractivity contribution < 1.29 is 5.11 Å². The maximum absolute atomic E-state index is 9.48. The molecule has 0 aromatic rings. The molecule has 0 spiro atoms. The molecule has 1 rings (SSSR count). The van der Waals surface area contributed by atoms with Gasteiger partial charge in [-0.25, -0.2) is 0 Å². The lowest BCUT2D eigenvalue weighted by Crippen LogP contribution is -2.26. The minimum atomic E-state index is -0.0151. The Kier molecular flexibility index (Phi) is 2.72. The Labute approximate surface area is 63.4 Å². The third-order valence-electron chi connectivity index (χ3n) is 2.84. The highest BCUT2D eigenvalue weighted by Crippen LogP contribution is 2.30. The molecule has 0 aliphatic heterocycles. The van der Waals surface area contributed by atoms with Crippen LogP contribution in [-0.2, 0) is 0 Å². The highest BCUT2D eigenvalue weighted by atomic mass is 16.3. The van der Waals surface area contributed by atoms with Crippen LogP contribution in [0.25, 0.3) is 0 Å². The van der Waals surface area contributed by atoms with E-state index in [1.807, 2.05) is 0 Å². The van der Waals surface area contributed by atoms with Gasteiger partial charge in [0.2, 0.25) is 0 Å². The molecule has 3 unspecified atom stereocenters. The van der Waals surface area contributed by atoms with Crippen molar-refractivity contribution in [1.82, 2.24) is 0 Å². The van der Waals surface area contributed by atoms with E-state index in [2.05, 4.69) is 13.8 Å². The van der Waals surface area contributed by atoms with Crippen molar-refractivity contribution in [3.8, 4) is 0 Å². The third kappa shape index (κ3) is 1.72. The summed E-state index contributed by atoms with van der Waals surface area (Å²) >= 11 is 0. The molecule has 0 saturated heterocycles. The van der Waals surface area contributed by atoms with E-state index in [0.717, 1.165) is 12.3 Å². The molecular weight excluding hydrogens is 124 g/mol. The Bertz CT molecular complexity index is 101. The van der Waals surface area contributed by atoms with Crippen LogP contribution in [0.15, 0.2) is 0 Å². The van der Waals surface area contributed by atoms with Gasteiger partial charge in [0.05, 0.1) is 6.10 Å². The first-order chi connectivity index (χ1) is 4.74. The van der Waals surface area contributed by atoms with Crippen molar-refractivity contribution in [2.75, 3.05) is 0 Å². The van der Waals surface area contributed by atoms with E-state index >= 15 is 0 Å². The zero-order valence-electron chi connectivity index (χ0n) is 7.01. The first-order valence-electron chi connectivity index (χ1n) is 4.42. The molecule has 1 aliphatic rings. The fourth-order valence-corrected chi connectivity index (χ4v) is 1.75. The maximum atomic E-state index is 9.48. The predicted molar refractivity (Wildman–Crippen MR) is 42.8 cm³/mol. The van der Waals surface area contributed by atoms with E-state index in [0.29, 0.717) is 5.92 Å². The SMILES string of the molecule is CCC1CCC(C)C(O)C1. The van der Waals surface area contributed by atoms with Crippen LogP contribution in [0.1, 0.15) is 39.5 Å². The molecule has 10 heavy (non-hydrogen) atoms. The van der Waals surface area contributed by atoms with Gasteiger partial charge in [0.15, 0.2) is 0 Å². The van der Waals surface area contributed by atoms with Crippen molar-refractivity contribution in [3.63, 3.8) is 0 Å². The molecule has 1 N–H and O–H groups in total. The number of aliphatic hydroxyl groups excluding tert-OH is 1. The maximum Gasteiger partial charge on any atom is 0.0568 e. The van der Waals surface area contributed by atoms with Crippen LogP contribution in [0.5, 0.6) is 0 Å². The van der Waals surface area contributed by atoms with E-state index in [1.54, 1.807) is 0 Å². The normalized spacial score (nSPS) is 41.7. The predicted octanol–water partition coefficient (Wildman–Crippen LogP) is 2.19. The van der Waals surface area contributed by atoms with Gasteiger partial charge in [0, 0.05) is 0 Å². The lowest BCUT2D eigenvalue weighted by Gasteiger charge is -2.30. The van der Waals surface area contributed by atoms with E-state index in [1.165, 1.54) is 19.3 Å². The van der Waals surface area contributed by atoms with Gasteiger partial charge < -0.3 is 5.11 Å². The van der Waals surface area contributed by atoms with Gasteiger partial charge in [-0.15, -0.1) is 0 Å². The Balaban J connectivity index is 2.33. The summed E-state index contributed by atoms with van der Waals surface area (Å²) in [7, 11) is 0. The molecule has 0 amide bonds. The van der Waals surface area contributed by atoms with E-state index in [4.69, 9.17) is 0 Å². The summed E-state index contributed by atoms with van der Waals surface area (Å²) in [6.45, 7) is 4.36. The van der Waals surface area contributed by atoms with Crippen LogP contribution in [-0.4, -0.2) is 11.2 Å². The van der Waals surface area contributed by atoms with E-state index in [9.17, 15) is 5.11 Å². The second kappa shape index (κ2) is 3.38. The first-order valence-corrected chi connectivity index (χ1v) is 4.42. The second-order valence-electron chi connectivity index (χ2n) is 3.63. The molecule has 1 heteroatoms. The summed E-state index contributed by atoms with van der Waals surface area (Å²) in [5, 5.41) is 9.48. The largest absolute Gasteiger partial charge is 0.393 e. The molecule has 3 atom stereocenters. The molecule has 0 aromatic heterocycles. The Morgan fingerprint density at radius 1 is 1.40 bits per heavy atom. The standard InChI is InChI=1S/C9H18O/c1-3-8-5-4-7(2)9(10)6-8/h7-10H,3-6H2,1-2H3. The number of hydrogen-bond acceptors (Lipinski definition) is 1. The summed E-state index contributed by atoms with van der Waals surface area (Å²) in [5.74, 6) is 1.34. The van der Waals surface area contributed by atoms with Gasteiger partial charge in [-0.1, -0.05) is 26.7 Å². The lowest BCUT2D eigenvalue weighted by molar-refractivity contribution is 0.0524. The van der Waals surface area contributed by atoms with Gasteiger partial charge in [-0.05, 0) is 24.7 Å². The molecule has 1 fully saturated rings. The topological polar surface area (TPSA) is 20.2 Å². The van der Waals surface area contributed by atoms with Crippen molar-refractivity contribution in [1.29, 1.82) is 0 Å². The zero-order valence-corrected chi connectivity index (χ0v) is 7.01. The first kappa shape index (κ1) is 8.06. The van der Waals surface area contributed by atoms with Gasteiger partial charge >= 0.3 is 0 Å². The number of aliphatic hydroxyl groups is 1. The summed E-state index contributed by atoms with van der Waals surface area (Å²) in [6, 6.07) is 0. The molecule has 60 valence electrons. The minimum Gasteiger partial charge on any atom is -0.393 e. The molecule has 0 bridgehead atoms. The zero-order chi connectivity index (χ0) is 7.56. The molecule has 0 radical (unpaired) electrons. The summed E-state index contributed by atoms with van der Waals surface area (Å²) in [5.41, 5.74) is 0. The van der Waals surface area contributed by atoms with Crippen molar-refractivity contribution in [3.05, 3.63) is 0 Å². The average Bonchev–Trinajstić information content (AvgIpc) is 1.95. The monoisotopic (exact) mass is 142 g/mol. The summed E-state index contributed by atoms with van der Waals surface area (Å²) in [4.78, 5) is 0. The van der Waals surface area contributed by atoms with Gasteiger partial charge in [0.1, 0.15) is 0 Å². The van der Waals surface area contributed by atoms with Gasteiger partial charge in [-0.2, -0.15) is 0 Å². The van der Waals surface area contributed by atoms with Crippen LogP contribution in [0.4, 0.5) is 0 Å². The second-order valence-corrected chi connectivity index (χ2v) is 3.63. The van der Waals surface area contributed by atoms with Crippen LogP contribution in [0.3, 0.4) is 0 Å². The molecule has 1 nitrogen and oxygen atoms in total. The fourth-order valence-electron chi connectivity index (χ4n) is 1.75. The third-order valence-corrected chi connectivity index (χ3v) is 2.84. The van der Waals surface area contributed by atoms with Crippen molar-refractivity contribution in [2.24, 2.45) is 11.8 Å². The Hall–Kier alpha value is -0.0400. The van der Waals surface area contributed by atoms with Gasteiger partial charge in [0.25, 0.3) is 0 Å². The van der Waals surface area contributed by atoms with Crippen LogP contribution in [0, 0.1) is 11.8 Å². The fraction of sp³-hybridized carbons (Fsp3) is 1.00. The highest BCUT2D eigenvalue weighted by Gasteiger charge is 2.24. The van der Waals surface area contributed by atoms with Crippen molar-refractivity contribution >= 4 is 0 Å². The van der Waals surface area contributed by atoms with Gasteiger partial charge in [-0.3, -0.25) is 0 Å². The van der Waals surface area contributed by atoms with Crippen LogP contribution >= 0.6 is 0 Å². The van der Waals surface area contributed by atoms with E-state index in [-0.39, 0.29) is 6.10 Å². The smallest absolute Gasteiger partial charge is 0.0568 e. The number of rotatable bonds is 1. The van der Waals surface area contributed by atoms with Crippen LogP contribution < -0.4 is 0 Å². The van der Waals surface area contributed by atoms with Crippen molar-refractivity contribution in [2.45, 2.75) is 45.6 Å². The molecule has 0 aromatic carbocycles. The Morgan fingerprint density at radius 2 is 2.10 bits per heavy atom. The molecule has 1 aliphatic carbocycles. The lowest BCUT2D eigenvalue weighted by atomic mass is 9.80. The highest BCUT2D eigenvalue weighted by molar-refractivity contribution is 4.76. The average molecular weight is 142 g/mol. The summed E-state index contributed by atoms with van der Waals surface area (Å²) in [6.07, 6.45) is 4.81. The number of hydrogen-bond donors (Lipinski definition) is 1. The Morgan fingerprint density at radius 3 is 2.60 bits per heavy atom. The minimum absolute atomic E-state index is 0.0151.